The number of benzene rings is 2. The van der Waals surface area contributed by atoms with Gasteiger partial charge in [-0.3, -0.25) is 14.5 Å². The second-order valence-electron chi connectivity index (χ2n) is 11.8. The fraction of sp³-hybridized carbons (Fsp3) is 0.545. The van der Waals surface area contributed by atoms with Crippen LogP contribution in [0.1, 0.15) is 76.8 Å². The fourth-order valence-electron chi connectivity index (χ4n) is 5.59. The molecule has 0 N–H and O–H groups in total. The molecule has 1 amide bonds. The Hall–Kier alpha value is -3.39. The van der Waals surface area contributed by atoms with Crippen LogP contribution in [-0.2, 0) is 30.4 Å². The van der Waals surface area contributed by atoms with Gasteiger partial charge in [0.2, 0.25) is 0 Å². The maximum atomic E-state index is 13.4. The molecule has 2 aliphatic rings. The molecule has 2 atom stereocenters. The van der Waals surface area contributed by atoms with E-state index in [0.29, 0.717) is 12.5 Å². The number of carbonyl (C=O) groups is 3. The van der Waals surface area contributed by atoms with Crippen molar-refractivity contribution in [1.29, 1.82) is 0 Å². The summed E-state index contributed by atoms with van der Waals surface area (Å²) in [7, 11) is 0. The van der Waals surface area contributed by atoms with E-state index in [-0.39, 0.29) is 38.1 Å². The van der Waals surface area contributed by atoms with Crippen molar-refractivity contribution >= 4 is 17.8 Å². The number of hydrogen-bond donors (Lipinski definition) is 0. The predicted octanol–water partition coefficient (Wildman–Crippen LogP) is 6.07. The zero-order chi connectivity index (χ0) is 29.4. The zero-order valence-corrected chi connectivity index (χ0v) is 24.7. The van der Waals surface area contributed by atoms with Crippen LogP contribution in [0.4, 0.5) is 4.79 Å². The highest BCUT2D eigenvalue weighted by atomic mass is 16.6. The van der Waals surface area contributed by atoms with Gasteiger partial charge in [0.05, 0.1) is 19.3 Å². The van der Waals surface area contributed by atoms with E-state index in [4.69, 9.17) is 18.9 Å². The van der Waals surface area contributed by atoms with Crippen LogP contribution in [0.15, 0.2) is 54.6 Å². The van der Waals surface area contributed by atoms with Gasteiger partial charge in [-0.1, -0.05) is 48.5 Å². The Bertz CT molecular complexity index is 1170. The molecule has 41 heavy (non-hydrogen) atoms. The quantitative estimate of drug-likeness (QED) is 0.269. The number of ether oxygens (including phenoxy) is 4. The first-order valence-corrected chi connectivity index (χ1v) is 14.7. The van der Waals surface area contributed by atoms with Crippen molar-refractivity contribution in [2.75, 3.05) is 19.8 Å². The number of Topliss-reactive ketones (excluding diaryl/α,β-unsaturated/α-hetero) is 1. The molecule has 1 aliphatic heterocycles. The van der Waals surface area contributed by atoms with Crippen molar-refractivity contribution in [3.05, 3.63) is 65.7 Å². The third-order valence-corrected chi connectivity index (χ3v) is 7.67. The maximum absolute atomic E-state index is 13.4. The van der Waals surface area contributed by atoms with Crippen LogP contribution in [0, 0.1) is 5.92 Å². The largest absolute Gasteiger partial charge is 0.489 e. The Labute approximate surface area is 243 Å². The molecule has 2 aromatic rings. The summed E-state index contributed by atoms with van der Waals surface area (Å²) < 4.78 is 23.2. The van der Waals surface area contributed by atoms with Gasteiger partial charge >= 0.3 is 12.1 Å². The van der Waals surface area contributed by atoms with E-state index in [2.05, 4.69) is 18.2 Å². The number of hydrogen-bond acceptors (Lipinski definition) is 7. The number of amides is 1. The number of ketones is 1. The third-order valence-electron chi connectivity index (χ3n) is 7.67. The van der Waals surface area contributed by atoms with Gasteiger partial charge in [-0.2, -0.15) is 0 Å². The molecule has 8 heteroatoms. The molecule has 0 bridgehead atoms. The van der Waals surface area contributed by atoms with Crippen LogP contribution >= 0.6 is 0 Å². The average Bonchev–Trinajstić information content (AvgIpc) is 2.95. The fourth-order valence-corrected chi connectivity index (χ4v) is 5.59. The Morgan fingerprint density at radius 2 is 1.61 bits per heavy atom. The van der Waals surface area contributed by atoms with Crippen LogP contribution in [-0.4, -0.2) is 60.3 Å². The summed E-state index contributed by atoms with van der Waals surface area (Å²) in [6.07, 6.45) is 3.10. The summed E-state index contributed by atoms with van der Waals surface area (Å²) >= 11 is 0. The van der Waals surface area contributed by atoms with Crippen molar-refractivity contribution in [2.45, 2.75) is 90.1 Å². The SMILES string of the molecule is CCOC(=O)C1CCN(C(=O)OC(C)(C)C)C(COC2CCC(c3ccccc3OCc3ccccc3)CC2)C1=O. The molecule has 0 spiro atoms. The number of para-hydroxylation sites is 1. The number of carbonyl (C=O) groups excluding carboxylic acids is 3. The zero-order valence-electron chi connectivity index (χ0n) is 24.7. The van der Waals surface area contributed by atoms with E-state index in [0.717, 1.165) is 37.0 Å². The molecule has 0 radical (unpaired) electrons. The summed E-state index contributed by atoms with van der Waals surface area (Å²) in [6, 6.07) is 17.5. The molecule has 1 saturated heterocycles. The first kappa shape index (κ1) is 30.6. The number of esters is 1. The van der Waals surface area contributed by atoms with Crippen LogP contribution in [0.3, 0.4) is 0 Å². The topological polar surface area (TPSA) is 91.4 Å². The van der Waals surface area contributed by atoms with Gasteiger partial charge in [-0.25, -0.2) is 4.79 Å². The van der Waals surface area contributed by atoms with Gasteiger partial charge in [-0.05, 0) is 82.9 Å². The molecular weight excluding hydrogens is 522 g/mol. The Morgan fingerprint density at radius 1 is 0.927 bits per heavy atom. The lowest BCUT2D eigenvalue weighted by Gasteiger charge is -2.39. The summed E-state index contributed by atoms with van der Waals surface area (Å²) in [5.74, 6) is -0.528. The summed E-state index contributed by atoms with van der Waals surface area (Å²) in [6.45, 7) is 8.04. The van der Waals surface area contributed by atoms with E-state index >= 15 is 0 Å². The van der Waals surface area contributed by atoms with E-state index in [1.807, 2.05) is 36.4 Å². The molecule has 8 nitrogen and oxygen atoms in total. The molecular formula is C33H43NO7. The molecule has 2 aromatic carbocycles. The second-order valence-corrected chi connectivity index (χ2v) is 11.8. The molecule has 1 heterocycles. The molecule has 4 rings (SSSR count). The van der Waals surface area contributed by atoms with Gasteiger partial charge in [0.15, 0.2) is 5.78 Å². The minimum Gasteiger partial charge on any atom is -0.489 e. The predicted molar refractivity (Wildman–Crippen MR) is 155 cm³/mol. The van der Waals surface area contributed by atoms with Crippen molar-refractivity contribution in [2.24, 2.45) is 5.92 Å². The maximum Gasteiger partial charge on any atom is 0.410 e. The first-order chi connectivity index (χ1) is 19.7. The number of rotatable bonds is 9. The van der Waals surface area contributed by atoms with E-state index in [1.54, 1.807) is 27.7 Å². The standard InChI is InChI=1S/C33H43NO7/c1-5-38-31(36)27-19-20-34(32(37)41-33(2,3)4)28(30(27)35)22-39-25-17-15-24(16-18-25)26-13-9-10-14-29(26)40-21-23-11-7-6-8-12-23/h6-14,24-25,27-28H,5,15-22H2,1-4H3. The lowest BCUT2D eigenvalue weighted by molar-refractivity contribution is -0.157. The minimum atomic E-state index is -0.898. The summed E-state index contributed by atoms with van der Waals surface area (Å²) in [4.78, 5) is 40.2. The molecule has 1 aliphatic carbocycles. The van der Waals surface area contributed by atoms with Gasteiger partial charge in [0.25, 0.3) is 0 Å². The number of nitrogens with zero attached hydrogens (tertiary/aromatic N) is 1. The van der Waals surface area contributed by atoms with Crippen LogP contribution in [0.25, 0.3) is 0 Å². The summed E-state index contributed by atoms with van der Waals surface area (Å²) in [5, 5.41) is 0. The van der Waals surface area contributed by atoms with Crippen LogP contribution in [0.5, 0.6) is 5.75 Å². The number of piperidine rings is 1. The molecule has 222 valence electrons. The molecule has 0 aromatic heterocycles. The van der Waals surface area contributed by atoms with Crippen LogP contribution in [0.2, 0.25) is 0 Å². The monoisotopic (exact) mass is 565 g/mol. The van der Waals surface area contributed by atoms with Crippen LogP contribution < -0.4 is 4.74 Å². The van der Waals surface area contributed by atoms with E-state index in [1.165, 1.54) is 10.5 Å². The Balaban J connectivity index is 1.36. The van der Waals surface area contributed by atoms with E-state index in [9.17, 15) is 14.4 Å². The van der Waals surface area contributed by atoms with Gasteiger partial charge < -0.3 is 18.9 Å². The average molecular weight is 566 g/mol. The molecule has 2 unspecified atom stereocenters. The normalized spacial score (nSPS) is 23.1. The second kappa shape index (κ2) is 14.0. The highest BCUT2D eigenvalue weighted by Crippen LogP contribution is 2.39. The van der Waals surface area contributed by atoms with Crippen molar-refractivity contribution in [1.82, 2.24) is 4.90 Å². The lowest BCUT2D eigenvalue weighted by Crippen LogP contribution is -2.57. The third kappa shape index (κ3) is 8.32. The number of likely N-dealkylation sites (tertiary alicyclic amines) is 1. The van der Waals surface area contributed by atoms with E-state index < -0.39 is 29.6 Å². The summed E-state index contributed by atoms with van der Waals surface area (Å²) in [5.41, 5.74) is 1.63. The lowest BCUT2D eigenvalue weighted by atomic mass is 9.82. The van der Waals surface area contributed by atoms with Gasteiger partial charge in [0, 0.05) is 6.54 Å². The highest BCUT2D eigenvalue weighted by Gasteiger charge is 2.44. The van der Waals surface area contributed by atoms with Crippen molar-refractivity contribution in [3.63, 3.8) is 0 Å². The van der Waals surface area contributed by atoms with Gasteiger partial charge in [0.1, 0.15) is 29.9 Å². The smallest absolute Gasteiger partial charge is 0.410 e. The first-order valence-electron chi connectivity index (χ1n) is 14.7. The highest BCUT2D eigenvalue weighted by molar-refractivity contribution is 6.03. The Morgan fingerprint density at radius 3 is 2.29 bits per heavy atom. The van der Waals surface area contributed by atoms with Gasteiger partial charge in [-0.15, -0.1) is 0 Å². The minimum absolute atomic E-state index is 0.0279. The molecule has 1 saturated carbocycles. The molecule has 2 fully saturated rings. The Kier molecular flexibility index (Phi) is 10.4. The van der Waals surface area contributed by atoms with Crippen molar-refractivity contribution in [3.8, 4) is 5.75 Å². The van der Waals surface area contributed by atoms with Crippen molar-refractivity contribution < 1.29 is 33.3 Å².